The van der Waals surface area contributed by atoms with Gasteiger partial charge >= 0.3 is 0 Å². The van der Waals surface area contributed by atoms with Crippen LogP contribution >= 0.6 is 11.6 Å². The van der Waals surface area contributed by atoms with E-state index in [2.05, 4.69) is 20.5 Å². The quantitative estimate of drug-likeness (QED) is 0.726. The molecule has 0 amide bonds. The molecule has 0 bridgehead atoms. The highest BCUT2D eigenvalue weighted by Crippen LogP contribution is 2.29. The Kier molecular flexibility index (Phi) is 4.97. The van der Waals surface area contributed by atoms with E-state index in [4.69, 9.17) is 26.2 Å². The maximum atomic E-state index is 6.13. The van der Waals surface area contributed by atoms with Gasteiger partial charge in [-0.2, -0.15) is 5.10 Å². The number of benzene rings is 1. The van der Waals surface area contributed by atoms with Gasteiger partial charge in [0.15, 0.2) is 5.84 Å². The first kappa shape index (κ1) is 18.4. The minimum Gasteiger partial charge on any atom is -0.479 e. The summed E-state index contributed by atoms with van der Waals surface area (Å²) in [5, 5.41) is 4.96. The van der Waals surface area contributed by atoms with Crippen molar-refractivity contribution in [3.63, 3.8) is 0 Å². The number of methoxy groups -OCH3 is 1. The molecule has 0 saturated carbocycles. The van der Waals surface area contributed by atoms with E-state index in [1.54, 1.807) is 18.1 Å². The topological polar surface area (TPSA) is 86.5 Å². The van der Waals surface area contributed by atoms with Gasteiger partial charge in [-0.05, 0) is 43.7 Å². The number of aryl methyl sites for hydroxylation is 1. The average molecular weight is 399 g/mol. The van der Waals surface area contributed by atoms with E-state index in [1.807, 2.05) is 50.2 Å². The van der Waals surface area contributed by atoms with Crippen LogP contribution in [0.1, 0.15) is 30.0 Å². The summed E-state index contributed by atoms with van der Waals surface area (Å²) in [7, 11) is 1.56. The largest absolute Gasteiger partial charge is 0.479 e. The van der Waals surface area contributed by atoms with Gasteiger partial charge in [-0.1, -0.05) is 23.7 Å². The molecule has 3 aromatic rings. The van der Waals surface area contributed by atoms with Crippen LogP contribution in [0, 0.1) is 6.92 Å². The summed E-state index contributed by atoms with van der Waals surface area (Å²) in [5.41, 5.74) is 5.13. The normalized spacial score (nSPS) is 19.1. The number of nitrogens with one attached hydrogen (secondary N) is 1. The van der Waals surface area contributed by atoms with Gasteiger partial charge in [-0.15, -0.1) is 0 Å². The van der Waals surface area contributed by atoms with Gasteiger partial charge in [-0.3, -0.25) is 9.83 Å². The Morgan fingerprint density at radius 3 is 2.82 bits per heavy atom. The fourth-order valence-electron chi connectivity index (χ4n) is 2.99. The van der Waals surface area contributed by atoms with E-state index < -0.39 is 0 Å². The number of hydroxylamine groups is 1. The first-order valence-electron chi connectivity index (χ1n) is 8.74. The van der Waals surface area contributed by atoms with E-state index in [9.17, 15) is 0 Å². The molecule has 8 nitrogen and oxygen atoms in total. The summed E-state index contributed by atoms with van der Waals surface area (Å²) in [5.74, 6) is 1.59. The van der Waals surface area contributed by atoms with Crippen LogP contribution in [0.5, 0.6) is 5.88 Å². The van der Waals surface area contributed by atoms with Crippen molar-refractivity contribution in [3.05, 3.63) is 64.8 Å². The molecule has 144 valence electrons. The van der Waals surface area contributed by atoms with Crippen molar-refractivity contribution in [2.75, 3.05) is 7.11 Å². The number of halogens is 1. The highest BCUT2D eigenvalue weighted by Gasteiger charge is 2.27. The van der Waals surface area contributed by atoms with Gasteiger partial charge in [0.25, 0.3) is 0 Å². The molecule has 4 rings (SSSR count). The monoisotopic (exact) mass is 398 g/mol. The smallest absolute Gasteiger partial charge is 0.240 e. The molecule has 0 spiro atoms. The second-order valence-corrected chi connectivity index (χ2v) is 6.80. The fourth-order valence-corrected chi connectivity index (χ4v) is 3.19. The van der Waals surface area contributed by atoms with E-state index in [0.717, 1.165) is 5.56 Å². The molecule has 1 aliphatic heterocycles. The number of pyridine rings is 1. The molecule has 0 fully saturated rings. The van der Waals surface area contributed by atoms with E-state index >= 15 is 0 Å². The number of hydrogen-bond acceptors (Lipinski definition) is 7. The van der Waals surface area contributed by atoms with Gasteiger partial charge < -0.3 is 4.74 Å². The second kappa shape index (κ2) is 7.57. The van der Waals surface area contributed by atoms with Gasteiger partial charge in [0, 0.05) is 5.02 Å². The minimum atomic E-state index is -0.208. The van der Waals surface area contributed by atoms with E-state index in [1.165, 1.54) is 0 Å². The predicted molar refractivity (Wildman–Crippen MR) is 105 cm³/mol. The fraction of sp³-hybridized carbons (Fsp3) is 0.263. The lowest BCUT2D eigenvalue weighted by Crippen LogP contribution is -2.38. The molecule has 1 aromatic carbocycles. The maximum absolute atomic E-state index is 6.13. The van der Waals surface area contributed by atoms with Crippen molar-refractivity contribution in [2.24, 2.45) is 4.99 Å². The third-order valence-corrected chi connectivity index (χ3v) is 4.61. The molecule has 9 heteroatoms. The first-order valence-corrected chi connectivity index (χ1v) is 9.12. The Balaban J connectivity index is 1.70. The van der Waals surface area contributed by atoms with Crippen LogP contribution < -0.4 is 10.2 Å². The van der Waals surface area contributed by atoms with Crippen LogP contribution in [0.2, 0.25) is 5.02 Å². The zero-order chi connectivity index (χ0) is 19.7. The zero-order valence-electron chi connectivity index (χ0n) is 15.6. The molecular formula is C19H19ClN6O2. The Hall–Kier alpha value is -2.97. The Bertz CT molecular complexity index is 1030. The van der Waals surface area contributed by atoms with Crippen molar-refractivity contribution in [1.82, 2.24) is 25.2 Å². The van der Waals surface area contributed by atoms with Gasteiger partial charge in [-0.25, -0.2) is 20.1 Å². The Morgan fingerprint density at radius 2 is 2.11 bits per heavy atom. The van der Waals surface area contributed by atoms with Gasteiger partial charge in [0.1, 0.15) is 35.7 Å². The van der Waals surface area contributed by atoms with Crippen molar-refractivity contribution >= 4 is 17.4 Å². The standard InChI is InChI=1S/C19H19ClN6O2/c1-11-17(13-5-4-6-14(20)9-13)23-18(25-28-11)15-7-8-16(19(22-15)27-3)26-10-21-12(2)24-26/h4-11,17H,1-3H3,(H,23,25). The summed E-state index contributed by atoms with van der Waals surface area (Å²) in [6.07, 6.45) is 1.45. The van der Waals surface area contributed by atoms with Crippen LogP contribution in [0.4, 0.5) is 0 Å². The van der Waals surface area contributed by atoms with Gasteiger partial charge in [0.2, 0.25) is 5.88 Å². The maximum Gasteiger partial charge on any atom is 0.240 e. The molecule has 0 aliphatic carbocycles. The van der Waals surface area contributed by atoms with Gasteiger partial charge in [0.05, 0.1) is 7.11 Å². The molecule has 2 unspecified atom stereocenters. The summed E-state index contributed by atoms with van der Waals surface area (Å²) < 4.78 is 7.07. The van der Waals surface area contributed by atoms with E-state index in [0.29, 0.717) is 33.9 Å². The third-order valence-electron chi connectivity index (χ3n) is 4.37. The summed E-state index contributed by atoms with van der Waals surface area (Å²) in [4.78, 5) is 19.2. The number of rotatable bonds is 4. The molecule has 2 aromatic heterocycles. The second-order valence-electron chi connectivity index (χ2n) is 6.36. The number of ether oxygens (including phenoxy) is 1. The van der Waals surface area contributed by atoms with Crippen molar-refractivity contribution in [1.29, 1.82) is 0 Å². The number of nitrogens with zero attached hydrogens (tertiary/aromatic N) is 5. The third kappa shape index (κ3) is 3.56. The molecule has 0 radical (unpaired) electrons. The molecule has 2 atom stereocenters. The van der Waals surface area contributed by atoms with Crippen LogP contribution in [0.25, 0.3) is 5.69 Å². The summed E-state index contributed by atoms with van der Waals surface area (Å²) >= 11 is 6.13. The summed E-state index contributed by atoms with van der Waals surface area (Å²) in [6.45, 7) is 3.77. The average Bonchev–Trinajstić information content (AvgIpc) is 3.14. The molecule has 0 saturated heterocycles. The highest BCUT2D eigenvalue weighted by atomic mass is 35.5. The zero-order valence-corrected chi connectivity index (χ0v) is 16.4. The number of hydrogen-bond donors (Lipinski definition) is 1. The van der Waals surface area contributed by atoms with Crippen LogP contribution in [-0.4, -0.2) is 38.8 Å². The van der Waals surface area contributed by atoms with Crippen LogP contribution in [-0.2, 0) is 4.84 Å². The van der Waals surface area contributed by atoms with Crippen LogP contribution in [0.3, 0.4) is 0 Å². The van der Waals surface area contributed by atoms with Crippen LogP contribution in [0.15, 0.2) is 47.7 Å². The van der Waals surface area contributed by atoms with E-state index in [-0.39, 0.29) is 12.1 Å². The predicted octanol–water partition coefficient (Wildman–Crippen LogP) is 3.04. The lowest BCUT2D eigenvalue weighted by atomic mass is 10.0. The Morgan fingerprint density at radius 1 is 1.25 bits per heavy atom. The SMILES string of the molecule is COc1nc(C2=NC(c3cccc(Cl)c3)C(C)ON2)ccc1-n1cnc(C)n1. The van der Waals surface area contributed by atoms with Crippen molar-refractivity contribution < 1.29 is 9.57 Å². The number of aliphatic imine (C=N–C) groups is 1. The molecule has 3 heterocycles. The lowest BCUT2D eigenvalue weighted by molar-refractivity contribution is -0.00478. The minimum absolute atomic E-state index is 0.165. The first-order chi connectivity index (χ1) is 13.5. The molecule has 28 heavy (non-hydrogen) atoms. The highest BCUT2D eigenvalue weighted by molar-refractivity contribution is 6.30. The van der Waals surface area contributed by atoms with Crippen molar-refractivity contribution in [3.8, 4) is 11.6 Å². The summed E-state index contributed by atoms with van der Waals surface area (Å²) in [6, 6.07) is 11.1. The molecular weight excluding hydrogens is 380 g/mol. The Labute approximate surface area is 167 Å². The molecule has 1 aliphatic rings. The number of amidine groups is 1. The van der Waals surface area contributed by atoms with Crippen molar-refractivity contribution in [2.45, 2.75) is 26.0 Å². The lowest BCUT2D eigenvalue weighted by Gasteiger charge is -2.28. The molecule has 1 N–H and O–H groups in total. The number of aromatic nitrogens is 4.